The van der Waals surface area contributed by atoms with Crippen molar-refractivity contribution in [2.45, 2.75) is 44.3 Å². The zero-order valence-electron chi connectivity index (χ0n) is 24.8. The number of ether oxygens (including phenoxy) is 1. The minimum Gasteiger partial charge on any atom is -0.494 e. The number of imidazole rings is 1. The molecule has 1 aliphatic heterocycles. The molecule has 3 aliphatic rings. The molecule has 3 unspecified atom stereocenters. The van der Waals surface area contributed by atoms with E-state index in [9.17, 15) is 4.79 Å². The van der Waals surface area contributed by atoms with E-state index in [1.807, 2.05) is 36.3 Å². The number of hydrogen-bond donors (Lipinski definition) is 2. The first-order valence-corrected chi connectivity index (χ1v) is 15.5. The van der Waals surface area contributed by atoms with Gasteiger partial charge < -0.3 is 24.5 Å². The largest absolute Gasteiger partial charge is 0.494 e. The fourth-order valence-electron chi connectivity index (χ4n) is 7.59. The number of fused-ring (bicyclic) bond motifs is 5. The van der Waals surface area contributed by atoms with Crippen LogP contribution >= 0.6 is 0 Å². The van der Waals surface area contributed by atoms with E-state index in [-0.39, 0.29) is 18.0 Å². The summed E-state index contributed by atoms with van der Waals surface area (Å²) < 4.78 is 10.3. The van der Waals surface area contributed by atoms with E-state index in [1.54, 1.807) is 7.11 Å². The number of H-pyrrole nitrogens is 1. The highest BCUT2D eigenvalue weighted by Crippen LogP contribution is 2.40. The van der Waals surface area contributed by atoms with Crippen LogP contribution in [0.3, 0.4) is 0 Å². The fraction of sp³-hybridized carbons (Fsp3) is 0.353. The Balaban J connectivity index is 1.16. The van der Waals surface area contributed by atoms with Crippen LogP contribution in [0.15, 0.2) is 54.7 Å². The van der Waals surface area contributed by atoms with Crippen molar-refractivity contribution in [2.75, 3.05) is 13.7 Å². The van der Waals surface area contributed by atoms with Crippen molar-refractivity contribution >= 4 is 38.9 Å². The molecule has 10 heteroatoms. The summed E-state index contributed by atoms with van der Waals surface area (Å²) in [6.07, 6.45) is 6.37. The van der Waals surface area contributed by atoms with Crippen molar-refractivity contribution in [2.24, 2.45) is 24.6 Å². The second kappa shape index (κ2) is 9.40. The molecule has 10 nitrogen and oxygen atoms in total. The van der Waals surface area contributed by atoms with E-state index in [4.69, 9.17) is 20.4 Å². The van der Waals surface area contributed by atoms with Crippen molar-refractivity contribution < 1.29 is 9.53 Å². The molecule has 1 amide bonds. The Morgan fingerprint density at radius 1 is 1.05 bits per heavy atom. The van der Waals surface area contributed by atoms with Crippen molar-refractivity contribution in [3.05, 3.63) is 60.3 Å². The van der Waals surface area contributed by atoms with Crippen molar-refractivity contribution in [3.63, 3.8) is 0 Å². The minimum atomic E-state index is 0.00763. The average molecular weight is 587 g/mol. The van der Waals surface area contributed by atoms with Crippen LogP contribution in [0.2, 0.25) is 0 Å². The SMILES string of the molecule is COc1cc(C(=O)N2CC3CCC2C3N)cc2nc(-c3cc4ccc(-c5ccc6[nH]ncc6c5)nc4n3CC3CC3)n(C)c12. The molecule has 2 aliphatic carbocycles. The highest BCUT2D eigenvalue weighted by molar-refractivity contribution is 6.00. The molecule has 5 heterocycles. The third kappa shape index (κ3) is 3.83. The molecule has 6 aromatic rings. The molecule has 1 saturated heterocycles. The Kier molecular flexibility index (Phi) is 5.50. The second-order valence-electron chi connectivity index (χ2n) is 12.8. The predicted octanol–water partition coefficient (Wildman–Crippen LogP) is 5.11. The van der Waals surface area contributed by atoms with Crippen LogP contribution in [-0.2, 0) is 13.6 Å². The number of methoxy groups -OCH3 is 1. The standard InChI is InChI=1S/C34H34N8O2/c1-40-31-26(12-22(14-29(31)44-2)34(43)42-17-21-7-10-27(42)30(21)35)38-33(40)28-13-20-6-8-24(37-32(20)41(28)16-18-3-4-18)19-5-9-25-23(11-19)15-36-39-25/h5-6,8-9,11-15,18,21,27,30H,3-4,7,10,16-17,35H2,1-2H3,(H,36,39). The van der Waals surface area contributed by atoms with E-state index in [0.717, 1.165) is 81.7 Å². The van der Waals surface area contributed by atoms with Gasteiger partial charge in [0.15, 0.2) is 5.82 Å². The minimum absolute atomic E-state index is 0.00763. The molecule has 2 aromatic carbocycles. The molecule has 0 radical (unpaired) electrons. The van der Waals surface area contributed by atoms with Crippen molar-refractivity contribution in [3.8, 4) is 28.5 Å². The number of piperidine rings is 1. The van der Waals surface area contributed by atoms with E-state index in [0.29, 0.717) is 23.1 Å². The number of carbonyl (C=O) groups is 1. The summed E-state index contributed by atoms with van der Waals surface area (Å²) in [4.78, 5) is 26.0. The highest BCUT2D eigenvalue weighted by atomic mass is 16.5. The van der Waals surface area contributed by atoms with Crippen molar-refractivity contribution in [1.29, 1.82) is 0 Å². The lowest BCUT2D eigenvalue weighted by Gasteiger charge is -2.27. The Hall–Kier alpha value is -4.70. The Labute approximate surface area is 253 Å². The van der Waals surface area contributed by atoms with Gasteiger partial charge in [-0.25, -0.2) is 9.97 Å². The number of pyridine rings is 1. The van der Waals surface area contributed by atoms with Gasteiger partial charge in [-0.15, -0.1) is 0 Å². The third-order valence-electron chi connectivity index (χ3n) is 10.2. The first kappa shape index (κ1) is 25.8. The Bertz CT molecular complexity index is 2120. The summed E-state index contributed by atoms with van der Waals surface area (Å²) in [5, 5.41) is 9.33. The van der Waals surface area contributed by atoms with Crippen LogP contribution in [0.5, 0.6) is 5.75 Å². The van der Waals surface area contributed by atoms with Crippen LogP contribution in [0.25, 0.3) is 55.7 Å². The number of benzene rings is 2. The number of carbonyl (C=O) groups excluding carboxylic acids is 1. The van der Waals surface area contributed by atoms with E-state index in [2.05, 4.69) is 49.7 Å². The predicted molar refractivity (Wildman–Crippen MR) is 169 cm³/mol. The van der Waals surface area contributed by atoms with Gasteiger partial charge in [0.05, 0.1) is 35.7 Å². The maximum Gasteiger partial charge on any atom is 0.254 e. The topological polar surface area (TPSA) is 120 Å². The number of rotatable bonds is 6. The lowest BCUT2D eigenvalue weighted by Crippen LogP contribution is -2.41. The molecule has 2 saturated carbocycles. The van der Waals surface area contributed by atoms with Crippen LogP contribution in [0.4, 0.5) is 0 Å². The molecule has 3 atom stereocenters. The zero-order chi connectivity index (χ0) is 29.7. The quantitative estimate of drug-likeness (QED) is 0.280. The first-order chi connectivity index (χ1) is 21.5. The van der Waals surface area contributed by atoms with E-state index >= 15 is 0 Å². The molecule has 3 N–H and O–H groups in total. The smallest absolute Gasteiger partial charge is 0.254 e. The fourth-order valence-corrected chi connectivity index (χ4v) is 7.59. The number of hydrogen-bond acceptors (Lipinski definition) is 6. The van der Waals surface area contributed by atoms with Crippen LogP contribution in [-0.4, -0.2) is 65.8 Å². The van der Waals surface area contributed by atoms with Gasteiger partial charge in [-0.1, -0.05) is 6.07 Å². The summed E-state index contributed by atoms with van der Waals surface area (Å²) in [6, 6.07) is 16.6. The lowest BCUT2D eigenvalue weighted by molar-refractivity contribution is 0.0700. The van der Waals surface area contributed by atoms with Gasteiger partial charge in [-0.3, -0.25) is 9.89 Å². The summed E-state index contributed by atoms with van der Waals surface area (Å²) in [5.41, 5.74) is 13.6. The summed E-state index contributed by atoms with van der Waals surface area (Å²) in [5.74, 6) is 2.50. The van der Waals surface area contributed by atoms with Gasteiger partial charge in [0, 0.05) is 54.1 Å². The van der Waals surface area contributed by atoms with Gasteiger partial charge in [-0.2, -0.15) is 5.10 Å². The molecule has 9 rings (SSSR count). The first-order valence-electron chi connectivity index (χ1n) is 15.5. The number of aromatic nitrogens is 6. The maximum atomic E-state index is 13.7. The normalized spacial score (nSPS) is 21.3. The summed E-state index contributed by atoms with van der Waals surface area (Å²) in [7, 11) is 3.67. The van der Waals surface area contributed by atoms with E-state index in [1.165, 1.54) is 12.8 Å². The van der Waals surface area contributed by atoms with Gasteiger partial charge >= 0.3 is 0 Å². The van der Waals surface area contributed by atoms with Crippen LogP contribution in [0.1, 0.15) is 36.0 Å². The Morgan fingerprint density at radius 2 is 1.93 bits per heavy atom. The van der Waals surface area contributed by atoms with E-state index < -0.39 is 0 Å². The van der Waals surface area contributed by atoms with Gasteiger partial charge in [-0.05, 0) is 80.0 Å². The summed E-state index contributed by atoms with van der Waals surface area (Å²) >= 11 is 0. The number of likely N-dealkylation sites (tertiary alicyclic amines) is 1. The maximum absolute atomic E-state index is 13.7. The molecule has 222 valence electrons. The third-order valence-corrected chi connectivity index (χ3v) is 10.2. The van der Waals surface area contributed by atoms with Crippen LogP contribution in [0, 0.1) is 11.8 Å². The number of nitrogens with zero attached hydrogens (tertiary/aromatic N) is 6. The molecule has 0 spiro atoms. The second-order valence-corrected chi connectivity index (χ2v) is 12.8. The molecule has 3 fully saturated rings. The van der Waals surface area contributed by atoms with Gasteiger partial charge in [0.2, 0.25) is 0 Å². The van der Waals surface area contributed by atoms with Crippen molar-refractivity contribution in [1.82, 2.24) is 34.2 Å². The molecule has 44 heavy (non-hydrogen) atoms. The van der Waals surface area contributed by atoms with Crippen LogP contribution < -0.4 is 10.5 Å². The zero-order valence-corrected chi connectivity index (χ0v) is 24.8. The monoisotopic (exact) mass is 586 g/mol. The number of aryl methyl sites for hydroxylation is 1. The molecule has 2 bridgehead atoms. The number of nitrogens with one attached hydrogen (secondary N) is 1. The Morgan fingerprint density at radius 3 is 2.70 bits per heavy atom. The molecule has 4 aromatic heterocycles. The number of aromatic amines is 1. The number of nitrogens with two attached hydrogens (primary N) is 1. The lowest BCUT2D eigenvalue weighted by atomic mass is 10.1. The summed E-state index contributed by atoms with van der Waals surface area (Å²) in [6.45, 7) is 1.61. The van der Waals surface area contributed by atoms with Gasteiger partial charge in [0.25, 0.3) is 5.91 Å². The molecular weight excluding hydrogens is 552 g/mol. The highest BCUT2D eigenvalue weighted by Gasteiger charge is 2.47. The number of amides is 1. The van der Waals surface area contributed by atoms with Gasteiger partial charge in [0.1, 0.15) is 16.9 Å². The molecular formula is C34H34N8O2. The average Bonchev–Trinajstić information content (AvgIpc) is 3.34.